The maximum absolute atomic E-state index is 5.52. The molecule has 2 fully saturated rings. The van der Waals surface area contributed by atoms with Crippen LogP contribution in [0.15, 0.2) is 0 Å². The molecule has 0 saturated carbocycles. The van der Waals surface area contributed by atoms with Gasteiger partial charge in [0.2, 0.25) is 0 Å². The quantitative estimate of drug-likeness (QED) is 0.669. The summed E-state index contributed by atoms with van der Waals surface area (Å²) in [6.07, 6.45) is 1.79. The zero-order valence-electron chi connectivity index (χ0n) is 8.46. The van der Waals surface area contributed by atoms with Crippen molar-refractivity contribution in [3.63, 3.8) is 0 Å². The third-order valence-corrected chi connectivity index (χ3v) is 3.00. The number of nitrogens with one attached hydrogen (secondary N) is 1. The normalized spacial score (nSPS) is 36.7. The molecule has 2 saturated heterocycles. The van der Waals surface area contributed by atoms with Gasteiger partial charge in [-0.25, -0.2) is 0 Å². The molecule has 2 rings (SSSR count). The van der Waals surface area contributed by atoms with E-state index in [1.807, 2.05) is 0 Å². The van der Waals surface area contributed by atoms with Crippen LogP contribution in [0.3, 0.4) is 0 Å². The summed E-state index contributed by atoms with van der Waals surface area (Å²) in [5.74, 6) is 0.880. The van der Waals surface area contributed by atoms with Crippen LogP contribution in [0.1, 0.15) is 13.3 Å². The fourth-order valence-electron chi connectivity index (χ4n) is 2.29. The second-order valence-electron chi connectivity index (χ2n) is 4.30. The third-order valence-electron chi connectivity index (χ3n) is 3.00. The van der Waals surface area contributed by atoms with Crippen LogP contribution in [0.5, 0.6) is 0 Å². The summed E-state index contributed by atoms with van der Waals surface area (Å²) < 4.78 is 5.52. The van der Waals surface area contributed by atoms with Crippen LogP contribution in [0.25, 0.3) is 0 Å². The first-order valence-corrected chi connectivity index (χ1v) is 5.39. The van der Waals surface area contributed by atoms with Crippen molar-refractivity contribution in [3.05, 3.63) is 0 Å². The van der Waals surface area contributed by atoms with Gasteiger partial charge < -0.3 is 10.1 Å². The minimum absolute atomic E-state index is 0.433. The lowest BCUT2D eigenvalue weighted by Gasteiger charge is -2.32. The zero-order valence-corrected chi connectivity index (χ0v) is 8.46. The summed E-state index contributed by atoms with van der Waals surface area (Å²) in [4.78, 5) is 2.55. The Morgan fingerprint density at radius 3 is 3.15 bits per heavy atom. The lowest BCUT2D eigenvalue weighted by molar-refractivity contribution is -0.0222. The van der Waals surface area contributed by atoms with Crippen LogP contribution in [-0.2, 0) is 4.74 Å². The monoisotopic (exact) mass is 184 g/mol. The van der Waals surface area contributed by atoms with Crippen molar-refractivity contribution in [1.29, 1.82) is 0 Å². The van der Waals surface area contributed by atoms with Crippen molar-refractivity contribution in [2.75, 3.05) is 39.3 Å². The molecule has 2 aliphatic heterocycles. The highest BCUT2D eigenvalue weighted by Gasteiger charge is 2.21. The van der Waals surface area contributed by atoms with E-state index in [1.165, 1.54) is 26.1 Å². The molecule has 0 aromatic rings. The molecule has 0 bridgehead atoms. The Kier molecular flexibility index (Phi) is 3.19. The SMILES string of the molecule is CC1CN(CC2CCNC2)CCO1. The van der Waals surface area contributed by atoms with E-state index in [2.05, 4.69) is 17.1 Å². The summed E-state index contributed by atoms with van der Waals surface area (Å²) in [7, 11) is 0. The number of morpholine rings is 1. The average Bonchev–Trinajstić information content (AvgIpc) is 2.57. The molecule has 0 radical (unpaired) electrons. The van der Waals surface area contributed by atoms with E-state index < -0.39 is 0 Å². The van der Waals surface area contributed by atoms with Gasteiger partial charge in [0.05, 0.1) is 12.7 Å². The van der Waals surface area contributed by atoms with E-state index in [0.717, 1.165) is 25.6 Å². The lowest BCUT2D eigenvalue weighted by atomic mass is 10.1. The molecule has 0 spiro atoms. The first kappa shape index (κ1) is 9.44. The van der Waals surface area contributed by atoms with Crippen molar-refractivity contribution in [1.82, 2.24) is 10.2 Å². The smallest absolute Gasteiger partial charge is 0.0674 e. The van der Waals surface area contributed by atoms with Gasteiger partial charge in [-0.15, -0.1) is 0 Å². The molecule has 0 aliphatic carbocycles. The van der Waals surface area contributed by atoms with Crippen molar-refractivity contribution in [2.45, 2.75) is 19.4 Å². The van der Waals surface area contributed by atoms with Gasteiger partial charge in [-0.2, -0.15) is 0 Å². The van der Waals surface area contributed by atoms with E-state index in [1.54, 1.807) is 0 Å². The molecule has 3 heteroatoms. The van der Waals surface area contributed by atoms with E-state index in [-0.39, 0.29) is 0 Å². The summed E-state index contributed by atoms with van der Waals surface area (Å²) >= 11 is 0. The van der Waals surface area contributed by atoms with Gasteiger partial charge in [0.25, 0.3) is 0 Å². The van der Waals surface area contributed by atoms with E-state index >= 15 is 0 Å². The van der Waals surface area contributed by atoms with Gasteiger partial charge in [-0.1, -0.05) is 0 Å². The number of hydrogen-bond acceptors (Lipinski definition) is 3. The molecule has 0 amide bonds. The van der Waals surface area contributed by atoms with E-state index in [9.17, 15) is 0 Å². The largest absolute Gasteiger partial charge is 0.376 e. The molecule has 3 nitrogen and oxygen atoms in total. The Hall–Kier alpha value is -0.120. The molecule has 76 valence electrons. The van der Waals surface area contributed by atoms with Gasteiger partial charge in [0.1, 0.15) is 0 Å². The zero-order chi connectivity index (χ0) is 9.10. The Bertz CT molecular complexity index is 157. The molecule has 0 aromatic heterocycles. The highest BCUT2D eigenvalue weighted by Crippen LogP contribution is 2.12. The lowest BCUT2D eigenvalue weighted by Crippen LogP contribution is -2.43. The van der Waals surface area contributed by atoms with E-state index in [0.29, 0.717) is 6.10 Å². The summed E-state index contributed by atoms with van der Waals surface area (Å²) in [6.45, 7) is 9.02. The van der Waals surface area contributed by atoms with Crippen LogP contribution >= 0.6 is 0 Å². The predicted molar refractivity (Wildman–Crippen MR) is 52.8 cm³/mol. The summed E-state index contributed by atoms with van der Waals surface area (Å²) in [5.41, 5.74) is 0. The first-order chi connectivity index (χ1) is 6.34. The van der Waals surface area contributed by atoms with Gasteiger partial charge in [-0.3, -0.25) is 4.90 Å². The van der Waals surface area contributed by atoms with Gasteiger partial charge >= 0.3 is 0 Å². The number of nitrogens with zero attached hydrogens (tertiary/aromatic N) is 1. The summed E-state index contributed by atoms with van der Waals surface area (Å²) in [6, 6.07) is 0. The second-order valence-corrected chi connectivity index (χ2v) is 4.30. The maximum atomic E-state index is 5.52. The van der Waals surface area contributed by atoms with Crippen molar-refractivity contribution in [3.8, 4) is 0 Å². The van der Waals surface area contributed by atoms with Crippen molar-refractivity contribution >= 4 is 0 Å². The standard InChI is InChI=1S/C10H20N2O/c1-9-7-12(4-5-13-9)8-10-2-3-11-6-10/h9-11H,2-8H2,1H3. The van der Waals surface area contributed by atoms with Crippen LogP contribution in [0.2, 0.25) is 0 Å². The Morgan fingerprint density at radius 1 is 1.54 bits per heavy atom. The number of rotatable bonds is 2. The minimum atomic E-state index is 0.433. The topological polar surface area (TPSA) is 24.5 Å². The van der Waals surface area contributed by atoms with Crippen molar-refractivity contribution < 1.29 is 4.74 Å². The van der Waals surface area contributed by atoms with Gasteiger partial charge in [0, 0.05) is 19.6 Å². The highest BCUT2D eigenvalue weighted by molar-refractivity contribution is 4.77. The molecule has 0 aromatic carbocycles. The molecule has 2 aliphatic rings. The Balaban J connectivity index is 1.73. The Labute approximate surface area is 80.4 Å². The fraction of sp³-hybridized carbons (Fsp3) is 1.00. The number of hydrogen-bond donors (Lipinski definition) is 1. The Morgan fingerprint density at radius 2 is 2.46 bits per heavy atom. The van der Waals surface area contributed by atoms with Crippen LogP contribution < -0.4 is 5.32 Å². The van der Waals surface area contributed by atoms with Gasteiger partial charge in [-0.05, 0) is 32.4 Å². The minimum Gasteiger partial charge on any atom is -0.376 e. The maximum Gasteiger partial charge on any atom is 0.0674 e. The molecule has 2 heterocycles. The van der Waals surface area contributed by atoms with Crippen LogP contribution in [0, 0.1) is 5.92 Å². The van der Waals surface area contributed by atoms with Gasteiger partial charge in [0.15, 0.2) is 0 Å². The number of ether oxygens (including phenoxy) is 1. The predicted octanol–water partition coefficient (Wildman–Crippen LogP) is 0.317. The average molecular weight is 184 g/mol. The van der Waals surface area contributed by atoms with Crippen molar-refractivity contribution in [2.24, 2.45) is 5.92 Å². The molecule has 2 atom stereocenters. The first-order valence-electron chi connectivity index (χ1n) is 5.39. The third kappa shape index (κ3) is 2.66. The highest BCUT2D eigenvalue weighted by atomic mass is 16.5. The molecular formula is C10H20N2O. The molecule has 13 heavy (non-hydrogen) atoms. The van der Waals surface area contributed by atoms with Crippen LogP contribution in [-0.4, -0.2) is 50.3 Å². The second kappa shape index (κ2) is 4.40. The van der Waals surface area contributed by atoms with Crippen LogP contribution in [0.4, 0.5) is 0 Å². The molecular weight excluding hydrogens is 164 g/mol. The fourth-order valence-corrected chi connectivity index (χ4v) is 2.29. The van der Waals surface area contributed by atoms with E-state index in [4.69, 9.17) is 4.74 Å². The molecule has 1 N–H and O–H groups in total. The summed E-state index contributed by atoms with van der Waals surface area (Å²) in [5, 5.41) is 3.42. The molecule has 2 unspecified atom stereocenters.